The van der Waals surface area contributed by atoms with E-state index >= 15 is 0 Å². The molecular formula is C14H24N2O3. The van der Waals surface area contributed by atoms with Gasteiger partial charge in [-0.15, -0.1) is 0 Å². The molecule has 0 fully saturated rings. The maximum absolute atomic E-state index is 6.32. The molecule has 108 valence electrons. The molecule has 2 atom stereocenters. The molecule has 0 saturated heterocycles. The van der Waals surface area contributed by atoms with E-state index in [1.54, 1.807) is 33.5 Å². The minimum atomic E-state index is -0.231. The van der Waals surface area contributed by atoms with E-state index in [-0.39, 0.29) is 12.0 Å². The van der Waals surface area contributed by atoms with Gasteiger partial charge in [0.1, 0.15) is 17.2 Å². The first-order valence-electron chi connectivity index (χ1n) is 6.38. The van der Waals surface area contributed by atoms with Crippen molar-refractivity contribution < 1.29 is 14.2 Å². The molecule has 1 aromatic carbocycles. The molecule has 19 heavy (non-hydrogen) atoms. The molecule has 0 bridgehead atoms. The summed E-state index contributed by atoms with van der Waals surface area (Å²) in [6, 6.07) is 3.38. The van der Waals surface area contributed by atoms with Crippen LogP contribution < -0.4 is 25.7 Å². The standard InChI is InChI=1S/C14H24N2O3/c1-5-9(8-15)14(16)13-11(18-3)6-10(17-2)7-12(13)19-4/h6-7,9,14H,5,8,15-16H2,1-4H3. The van der Waals surface area contributed by atoms with Gasteiger partial charge in [-0.2, -0.15) is 0 Å². The summed E-state index contributed by atoms with van der Waals surface area (Å²) in [5.41, 5.74) is 12.9. The van der Waals surface area contributed by atoms with Crippen LogP contribution >= 0.6 is 0 Å². The molecule has 4 N–H and O–H groups in total. The van der Waals surface area contributed by atoms with Crippen LogP contribution in [0.1, 0.15) is 24.9 Å². The van der Waals surface area contributed by atoms with E-state index in [9.17, 15) is 0 Å². The molecule has 0 heterocycles. The molecule has 0 aliphatic carbocycles. The fourth-order valence-corrected chi connectivity index (χ4v) is 2.16. The van der Waals surface area contributed by atoms with E-state index in [1.165, 1.54) is 0 Å². The van der Waals surface area contributed by atoms with E-state index in [2.05, 4.69) is 6.92 Å². The molecule has 1 aromatic rings. The Morgan fingerprint density at radius 1 is 1.05 bits per heavy atom. The Hall–Kier alpha value is -1.46. The van der Waals surface area contributed by atoms with E-state index in [1.807, 2.05) is 0 Å². The monoisotopic (exact) mass is 268 g/mol. The highest BCUT2D eigenvalue weighted by molar-refractivity contribution is 5.52. The number of benzene rings is 1. The number of nitrogens with two attached hydrogens (primary N) is 2. The van der Waals surface area contributed by atoms with Crippen molar-refractivity contribution in [3.63, 3.8) is 0 Å². The molecule has 0 aromatic heterocycles. The second-order valence-electron chi connectivity index (χ2n) is 4.38. The molecule has 0 aliphatic rings. The summed E-state index contributed by atoms with van der Waals surface area (Å²) in [4.78, 5) is 0. The topological polar surface area (TPSA) is 79.7 Å². The Morgan fingerprint density at radius 3 is 1.89 bits per heavy atom. The Bertz CT molecular complexity index is 381. The summed E-state index contributed by atoms with van der Waals surface area (Å²) in [6.07, 6.45) is 0.899. The third kappa shape index (κ3) is 3.30. The molecule has 2 unspecified atom stereocenters. The molecule has 0 radical (unpaired) electrons. The van der Waals surface area contributed by atoms with Gasteiger partial charge >= 0.3 is 0 Å². The minimum Gasteiger partial charge on any atom is -0.496 e. The third-order valence-corrected chi connectivity index (χ3v) is 3.42. The molecule has 1 rings (SSSR count). The highest BCUT2D eigenvalue weighted by Gasteiger charge is 2.24. The van der Waals surface area contributed by atoms with Gasteiger partial charge in [-0.05, 0) is 12.5 Å². The number of methoxy groups -OCH3 is 3. The van der Waals surface area contributed by atoms with Crippen LogP contribution in [0.15, 0.2) is 12.1 Å². The maximum Gasteiger partial charge on any atom is 0.131 e. The van der Waals surface area contributed by atoms with Gasteiger partial charge in [-0.3, -0.25) is 0 Å². The smallest absolute Gasteiger partial charge is 0.131 e. The van der Waals surface area contributed by atoms with Crippen molar-refractivity contribution in [2.45, 2.75) is 19.4 Å². The highest BCUT2D eigenvalue weighted by atomic mass is 16.5. The van der Waals surface area contributed by atoms with Crippen molar-refractivity contribution in [2.75, 3.05) is 27.9 Å². The Labute approximate surface area is 114 Å². The van der Waals surface area contributed by atoms with Crippen LogP contribution in [0.5, 0.6) is 17.2 Å². The van der Waals surface area contributed by atoms with E-state index in [4.69, 9.17) is 25.7 Å². The Kier molecular flexibility index (Phi) is 5.92. The molecule has 5 nitrogen and oxygen atoms in total. The van der Waals surface area contributed by atoms with Crippen LogP contribution in [-0.4, -0.2) is 27.9 Å². The Balaban J connectivity index is 3.30. The number of ether oxygens (including phenoxy) is 3. The summed E-state index contributed by atoms with van der Waals surface area (Å²) < 4.78 is 16.0. The van der Waals surface area contributed by atoms with Gasteiger partial charge in [0.2, 0.25) is 0 Å². The van der Waals surface area contributed by atoms with Crippen molar-refractivity contribution >= 4 is 0 Å². The van der Waals surface area contributed by atoms with Crippen LogP contribution in [-0.2, 0) is 0 Å². The van der Waals surface area contributed by atoms with Gasteiger partial charge < -0.3 is 25.7 Å². The van der Waals surface area contributed by atoms with Crippen LogP contribution in [0.25, 0.3) is 0 Å². The second-order valence-corrected chi connectivity index (χ2v) is 4.38. The van der Waals surface area contributed by atoms with Gasteiger partial charge in [-0.25, -0.2) is 0 Å². The number of rotatable bonds is 7. The van der Waals surface area contributed by atoms with Crippen molar-refractivity contribution in [3.05, 3.63) is 17.7 Å². The summed E-state index contributed by atoms with van der Waals surface area (Å²) in [6.45, 7) is 2.59. The van der Waals surface area contributed by atoms with Crippen LogP contribution in [0.4, 0.5) is 0 Å². The summed E-state index contributed by atoms with van der Waals surface area (Å²) >= 11 is 0. The van der Waals surface area contributed by atoms with E-state index in [0.29, 0.717) is 23.8 Å². The summed E-state index contributed by atoms with van der Waals surface area (Å²) in [5, 5.41) is 0. The lowest BCUT2D eigenvalue weighted by molar-refractivity contribution is 0.345. The van der Waals surface area contributed by atoms with E-state index < -0.39 is 0 Å². The Morgan fingerprint density at radius 2 is 1.58 bits per heavy atom. The third-order valence-electron chi connectivity index (χ3n) is 3.42. The fourth-order valence-electron chi connectivity index (χ4n) is 2.16. The largest absolute Gasteiger partial charge is 0.496 e. The molecular weight excluding hydrogens is 244 g/mol. The van der Waals surface area contributed by atoms with Gasteiger partial charge in [0.25, 0.3) is 0 Å². The van der Waals surface area contributed by atoms with Crippen molar-refractivity contribution in [3.8, 4) is 17.2 Å². The summed E-state index contributed by atoms with van der Waals surface area (Å²) in [7, 11) is 4.81. The average Bonchev–Trinajstić information content (AvgIpc) is 2.46. The van der Waals surface area contributed by atoms with Gasteiger partial charge in [0.15, 0.2) is 0 Å². The van der Waals surface area contributed by atoms with Crippen molar-refractivity contribution in [1.29, 1.82) is 0 Å². The van der Waals surface area contributed by atoms with Crippen LogP contribution in [0.2, 0.25) is 0 Å². The fraction of sp³-hybridized carbons (Fsp3) is 0.571. The zero-order valence-corrected chi connectivity index (χ0v) is 12.1. The minimum absolute atomic E-state index is 0.177. The lowest BCUT2D eigenvalue weighted by atomic mass is 9.90. The average molecular weight is 268 g/mol. The first kappa shape index (κ1) is 15.6. The number of hydrogen-bond acceptors (Lipinski definition) is 5. The molecule has 0 spiro atoms. The SMILES string of the molecule is CCC(CN)C(N)c1c(OC)cc(OC)cc1OC. The second kappa shape index (κ2) is 7.21. The predicted molar refractivity (Wildman–Crippen MR) is 75.9 cm³/mol. The van der Waals surface area contributed by atoms with E-state index in [0.717, 1.165) is 12.0 Å². The van der Waals surface area contributed by atoms with Crippen LogP contribution in [0.3, 0.4) is 0 Å². The van der Waals surface area contributed by atoms with Gasteiger partial charge in [0.05, 0.1) is 26.9 Å². The normalized spacial score (nSPS) is 13.8. The molecule has 0 saturated carbocycles. The molecule has 5 heteroatoms. The lowest BCUT2D eigenvalue weighted by Gasteiger charge is -2.25. The predicted octanol–water partition coefficient (Wildman–Crippen LogP) is 1.70. The zero-order chi connectivity index (χ0) is 14.4. The first-order chi connectivity index (χ1) is 9.12. The van der Waals surface area contributed by atoms with Crippen molar-refractivity contribution in [1.82, 2.24) is 0 Å². The quantitative estimate of drug-likeness (QED) is 0.786. The first-order valence-corrected chi connectivity index (χ1v) is 6.38. The van der Waals surface area contributed by atoms with Gasteiger partial charge in [-0.1, -0.05) is 13.3 Å². The molecule has 0 amide bonds. The maximum atomic E-state index is 6.32. The van der Waals surface area contributed by atoms with Crippen molar-refractivity contribution in [2.24, 2.45) is 17.4 Å². The highest BCUT2D eigenvalue weighted by Crippen LogP contribution is 2.40. The van der Waals surface area contributed by atoms with Gasteiger partial charge in [0, 0.05) is 18.2 Å². The van der Waals surface area contributed by atoms with Crippen LogP contribution in [0, 0.1) is 5.92 Å². The number of hydrogen-bond donors (Lipinski definition) is 2. The summed E-state index contributed by atoms with van der Waals surface area (Å²) in [5.74, 6) is 2.17. The lowest BCUT2D eigenvalue weighted by Crippen LogP contribution is -2.28. The zero-order valence-electron chi connectivity index (χ0n) is 12.1. The molecule has 0 aliphatic heterocycles.